The van der Waals surface area contributed by atoms with Gasteiger partial charge in [0.1, 0.15) is 0 Å². The highest BCUT2D eigenvalue weighted by atomic mass is 16.5. The Morgan fingerprint density at radius 1 is 1.44 bits per heavy atom. The molecule has 0 saturated carbocycles. The molecule has 1 atom stereocenters. The van der Waals surface area contributed by atoms with E-state index in [9.17, 15) is 5.11 Å². The molecule has 0 radical (unpaired) electrons. The van der Waals surface area contributed by atoms with Crippen molar-refractivity contribution in [3.05, 3.63) is 23.8 Å². The van der Waals surface area contributed by atoms with E-state index in [1.165, 1.54) is 7.11 Å². The van der Waals surface area contributed by atoms with Gasteiger partial charge in [0.15, 0.2) is 11.5 Å². The Labute approximate surface area is 95.9 Å². The van der Waals surface area contributed by atoms with Crippen LogP contribution in [0.5, 0.6) is 11.5 Å². The van der Waals surface area contributed by atoms with Crippen LogP contribution < -0.4 is 10.1 Å². The number of hydrogen-bond acceptors (Lipinski definition) is 4. The highest BCUT2D eigenvalue weighted by molar-refractivity contribution is 5.45. The summed E-state index contributed by atoms with van der Waals surface area (Å²) in [6, 6.07) is 5.39. The Hall–Kier alpha value is -1.26. The molecule has 0 heterocycles. The Morgan fingerprint density at radius 3 is 2.81 bits per heavy atom. The fraction of sp³-hybridized carbons (Fsp3) is 0.500. The molecule has 3 N–H and O–H groups in total. The fourth-order valence-electron chi connectivity index (χ4n) is 1.41. The number of phenolic OH excluding ortho intramolecular Hbond substituents is 1. The molecule has 1 rings (SSSR count). The molecule has 0 aliphatic carbocycles. The van der Waals surface area contributed by atoms with E-state index in [0.29, 0.717) is 25.3 Å². The number of aliphatic hydroxyl groups excluding tert-OH is 1. The van der Waals surface area contributed by atoms with Gasteiger partial charge in [0.2, 0.25) is 0 Å². The van der Waals surface area contributed by atoms with E-state index in [4.69, 9.17) is 9.84 Å². The molecule has 0 fully saturated rings. The van der Waals surface area contributed by atoms with Crippen molar-refractivity contribution in [2.24, 2.45) is 0 Å². The predicted molar refractivity (Wildman–Crippen MR) is 62.7 cm³/mol. The third kappa shape index (κ3) is 3.72. The van der Waals surface area contributed by atoms with E-state index >= 15 is 0 Å². The first-order chi connectivity index (χ1) is 7.65. The van der Waals surface area contributed by atoms with Crippen molar-refractivity contribution >= 4 is 0 Å². The summed E-state index contributed by atoms with van der Waals surface area (Å²) in [4.78, 5) is 0. The Kier molecular flexibility index (Phi) is 5.08. The van der Waals surface area contributed by atoms with Crippen LogP contribution in [0, 0.1) is 0 Å². The molecule has 1 aromatic rings. The van der Waals surface area contributed by atoms with Crippen LogP contribution in [-0.2, 0) is 6.54 Å². The highest BCUT2D eigenvalue weighted by Crippen LogP contribution is 2.28. The van der Waals surface area contributed by atoms with Gasteiger partial charge in [-0.1, -0.05) is 12.1 Å². The summed E-state index contributed by atoms with van der Waals surface area (Å²) in [5.41, 5.74) is 0.796. The number of rotatable bonds is 6. The second-order valence-electron chi connectivity index (χ2n) is 3.78. The van der Waals surface area contributed by atoms with Crippen LogP contribution in [0.1, 0.15) is 18.9 Å². The lowest BCUT2D eigenvalue weighted by atomic mass is 10.2. The molecule has 0 aliphatic rings. The molecule has 4 heteroatoms. The molecule has 0 amide bonds. The summed E-state index contributed by atoms with van der Waals surface area (Å²) in [5, 5.41) is 22.0. The maximum Gasteiger partial charge on any atom is 0.162 e. The molecule has 4 nitrogen and oxygen atoms in total. The number of aliphatic hydroxyl groups is 1. The van der Waals surface area contributed by atoms with Gasteiger partial charge in [0, 0.05) is 12.1 Å². The smallest absolute Gasteiger partial charge is 0.162 e. The first-order valence-electron chi connectivity index (χ1n) is 5.38. The average molecular weight is 225 g/mol. The van der Waals surface area contributed by atoms with Crippen molar-refractivity contribution in [2.45, 2.75) is 26.0 Å². The van der Waals surface area contributed by atoms with Gasteiger partial charge >= 0.3 is 0 Å². The Bertz CT molecular complexity index is 326. The SMILES string of the molecule is COc1cccc(CNCCC(C)O)c1O. The van der Waals surface area contributed by atoms with Gasteiger partial charge in [-0.15, -0.1) is 0 Å². The van der Waals surface area contributed by atoms with Crippen LogP contribution in [0.3, 0.4) is 0 Å². The first kappa shape index (κ1) is 12.8. The van der Waals surface area contributed by atoms with Crippen molar-refractivity contribution in [1.82, 2.24) is 5.32 Å². The Balaban J connectivity index is 2.47. The van der Waals surface area contributed by atoms with E-state index in [0.717, 1.165) is 5.56 Å². The van der Waals surface area contributed by atoms with Gasteiger partial charge < -0.3 is 20.3 Å². The zero-order valence-electron chi connectivity index (χ0n) is 9.73. The predicted octanol–water partition coefficient (Wildman–Crippen LogP) is 1.26. The second-order valence-corrected chi connectivity index (χ2v) is 3.78. The zero-order chi connectivity index (χ0) is 12.0. The number of aromatic hydroxyl groups is 1. The molecule has 0 aliphatic heterocycles. The van der Waals surface area contributed by atoms with Gasteiger partial charge in [0.05, 0.1) is 13.2 Å². The van der Waals surface area contributed by atoms with Crippen LogP contribution >= 0.6 is 0 Å². The Morgan fingerprint density at radius 2 is 2.19 bits per heavy atom. The summed E-state index contributed by atoms with van der Waals surface area (Å²) in [7, 11) is 1.53. The van der Waals surface area contributed by atoms with E-state index in [1.54, 1.807) is 13.0 Å². The molecular formula is C12H19NO3. The minimum Gasteiger partial charge on any atom is -0.504 e. The molecule has 1 aromatic carbocycles. The molecule has 0 saturated heterocycles. The minimum absolute atomic E-state index is 0.176. The standard InChI is InChI=1S/C12H19NO3/c1-9(14)6-7-13-8-10-4-3-5-11(16-2)12(10)15/h3-5,9,13-15H,6-8H2,1-2H3. The molecule has 0 bridgehead atoms. The van der Waals surface area contributed by atoms with Crippen LogP contribution in [0.4, 0.5) is 0 Å². The average Bonchev–Trinajstić information content (AvgIpc) is 2.26. The third-order valence-corrected chi connectivity index (χ3v) is 2.36. The van der Waals surface area contributed by atoms with E-state index in [-0.39, 0.29) is 11.9 Å². The normalized spacial score (nSPS) is 12.4. The van der Waals surface area contributed by atoms with Gasteiger partial charge in [-0.05, 0) is 26.0 Å². The largest absolute Gasteiger partial charge is 0.504 e. The summed E-state index contributed by atoms with van der Waals surface area (Å²) in [6.45, 7) is 3.04. The lowest BCUT2D eigenvalue weighted by Crippen LogP contribution is -2.18. The van der Waals surface area contributed by atoms with E-state index < -0.39 is 0 Å². The van der Waals surface area contributed by atoms with Crippen LogP contribution in [0.2, 0.25) is 0 Å². The number of hydrogen-bond donors (Lipinski definition) is 3. The summed E-state index contributed by atoms with van der Waals surface area (Å²) in [6.07, 6.45) is 0.400. The van der Waals surface area contributed by atoms with Gasteiger partial charge in [-0.25, -0.2) is 0 Å². The van der Waals surface area contributed by atoms with Crippen molar-refractivity contribution in [3.8, 4) is 11.5 Å². The topological polar surface area (TPSA) is 61.7 Å². The summed E-state index contributed by atoms with van der Waals surface area (Å²) in [5.74, 6) is 0.657. The molecular weight excluding hydrogens is 206 g/mol. The van der Waals surface area contributed by atoms with Crippen molar-refractivity contribution < 1.29 is 14.9 Å². The molecule has 90 valence electrons. The second kappa shape index (κ2) is 6.35. The zero-order valence-corrected chi connectivity index (χ0v) is 9.73. The molecule has 0 aromatic heterocycles. The summed E-state index contributed by atoms with van der Waals surface area (Å²) < 4.78 is 5.01. The van der Waals surface area contributed by atoms with Crippen molar-refractivity contribution in [3.63, 3.8) is 0 Å². The third-order valence-electron chi connectivity index (χ3n) is 2.36. The lowest BCUT2D eigenvalue weighted by Gasteiger charge is -2.10. The lowest BCUT2D eigenvalue weighted by molar-refractivity contribution is 0.183. The number of ether oxygens (including phenoxy) is 1. The molecule has 1 unspecified atom stereocenters. The van der Waals surface area contributed by atoms with Crippen molar-refractivity contribution in [2.75, 3.05) is 13.7 Å². The van der Waals surface area contributed by atoms with Gasteiger partial charge in [-0.3, -0.25) is 0 Å². The van der Waals surface area contributed by atoms with Crippen LogP contribution in [0.25, 0.3) is 0 Å². The van der Waals surface area contributed by atoms with Crippen LogP contribution in [0.15, 0.2) is 18.2 Å². The monoisotopic (exact) mass is 225 g/mol. The number of para-hydroxylation sites is 1. The summed E-state index contributed by atoms with van der Waals surface area (Å²) >= 11 is 0. The number of methoxy groups -OCH3 is 1. The highest BCUT2D eigenvalue weighted by Gasteiger charge is 2.06. The van der Waals surface area contributed by atoms with E-state index in [2.05, 4.69) is 5.32 Å². The quantitative estimate of drug-likeness (QED) is 0.638. The first-order valence-corrected chi connectivity index (χ1v) is 5.38. The van der Waals surface area contributed by atoms with Gasteiger partial charge in [0.25, 0.3) is 0 Å². The van der Waals surface area contributed by atoms with Gasteiger partial charge in [-0.2, -0.15) is 0 Å². The number of nitrogens with one attached hydrogen (secondary N) is 1. The maximum atomic E-state index is 9.78. The molecule has 16 heavy (non-hydrogen) atoms. The van der Waals surface area contributed by atoms with E-state index in [1.807, 2.05) is 12.1 Å². The minimum atomic E-state index is -0.300. The number of benzene rings is 1. The number of phenols is 1. The molecule has 0 spiro atoms. The van der Waals surface area contributed by atoms with Crippen LogP contribution in [-0.4, -0.2) is 30.0 Å². The van der Waals surface area contributed by atoms with Crippen molar-refractivity contribution in [1.29, 1.82) is 0 Å². The maximum absolute atomic E-state index is 9.78. The fourth-order valence-corrected chi connectivity index (χ4v) is 1.41.